The van der Waals surface area contributed by atoms with Gasteiger partial charge in [-0.1, -0.05) is 6.07 Å². The zero-order valence-corrected chi connectivity index (χ0v) is 16.8. The molecule has 2 amide bonds. The SMILES string of the molecule is O=C(CN1CCC[C@H]1CN1CCCC1)N1CCN(C(=O)c2cccs2)CC1. The van der Waals surface area contributed by atoms with Gasteiger partial charge in [0.1, 0.15) is 0 Å². The number of piperazine rings is 1. The first-order chi connectivity index (χ1) is 13.2. The average Bonchev–Trinajstić information content (AvgIpc) is 3.45. The minimum atomic E-state index is 0.0994. The van der Waals surface area contributed by atoms with Crippen LogP contribution in [0.3, 0.4) is 0 Å². The van der Waals surface area contributed by atoms with Crippen LogP contribution in [-0.4, -0.2) is 96.4 Å². The van der Waals surface area contributed by atoms with Crippen LogP contribution in [0.2, 0.25) is 0 Å². The first-order valence-electron chi connectivity index (χ1n) is 10.3. The Balaban J connectivity index is 1.25. The highest BCUT2D eigenvalue weighted by molar-refractivity contribution is 7.12. The van der Waals surface area contributed by atoms with Gasteiger partial charge >= 0.3 is 0 Å². The van der Waals surface area contributed by atoms with E-state index in [0.717, 1.165) is 18.0 Å². The number of likely N-dealkylation sites (tertiary alicyclic amines) is 2. The summed E-state index contributed by atoms with van der Waals surface area (Å²) in [5.74, 6) is 0.328. The van der Waals surface area contributed by atoms with Crippen molar-refractivity contribution >= 4 is 23.2 Å². The molecule has 3 aliphatic heterocycles. The van der Waals surface area contributed by atoms with Crippen LogP contribution in [0.4, 0.5) is 0 Å². The Kier molecular flexibility index (Phi) is 6.10. The predicted octanol–water partition coefficient (Wildman–Crippen LogP) is 1.59. The Bertz CT molecular complexity index is 636. The fourth-order valence-corrected chi connectivity index (χ4v) is 5.25. The molecule has 3 saturated heterocycles. The number of amides is 2. The molecule has 148 valence electrons. The Morgan fingerprint density at radius 3 is 2.41 bits per heavy atom. The zero-order chi connectivity index (χ0) is 18.6. The fourth-order valence-electron chi connectivity index (χ4n) is 4.56. The molecule has 0 unspecified atom stereocenters. The number of carbonyl (C=O) groups is 2. The quantitative estimate of drug-likeness (QED) is 0.766. The van der Waals surface area contributed by atoms with Crippen molar-refractivity contribution in [2.24, 2.45) is 0 Å². The number of carbonyl (C=O) groups excluding carboxylic acids is 2. The molecule has 0 N–H and O–H groups in total. The second-order valence-corrected chi connectivity index (χ2v) is 8.87. The average molecular weight is 391 g/mol. The molecular formula is C20H30N4O2S. The van der Waals surface area contributed by atoms with Crippen LogP contribution < -0.4 is 0 Å². The maximum atomic E-state index is 12.8. The van der Waals surface area contributed by atoms with Gasteiger partial charge in [0.2, 0.25) is 5.91 Å². The van der Waals surface area contributed by atoms with Crippen molar-refractivity contribution in [2.75, 3.05) is 58.9 Å². The molecule has 1 atom stereocenters. The highest BCUT2D eigenvalue weighted by Crippen LogP contribution is 2.21. The Labute approximate surface area is 165 Å². The molecule has 6 nitrogen and oxygen atoms in total. The molecule has 3 fully saturated rings. The molecule has 0 saturated carbocycles. The summed E-state index contributed by atoms with van der Waals surface area (Å²) in [6.07, 6.45) is 5.06. The largest absolute Gasteiger partial charge is 0.338 e. The molecule has 0 aromatic carbocycles. The summed E-state index contributed by atoms with van der Waals surface area (Å²) in [6, 6.07) is 4.32. The predicted molar refractivity (Wildman–Crippen MR) is 107 cm³/mol. The summed E-state index contributed by atoms with van der Waals surface area (Å²) >= 11 is 1.48. The lowest BCUT2D eigenvalue weighted by Gasteiger charge is -2.36. The van der Waals surface area contributed by atoms with Crippen LogP contribution in [0, 0.1) is 0 Å². The monoisotopic (exact) mass is 390 g/mol. The lowest BCUT2D eigenvalue weighted by atomic mass is 10.2. The summed E-state index contributed by atoms with van der Waals surface area (Å²) in [4.78, 5) is 34.8. The van der Waals surface area contributed by atoms with E-state index in [1.165, 1.54) is 50.1 Å². The summed E-state index contributed by atoms with van der Waals surface area (Å²) in [5.41, 5.74) is 0. The van der Waals surface area contributed by atoms with Gasteiger partial charge in [0.25, 0.3) is 5.91 Å². The molecule has 3 aliphatic rings. The maximum Gasteiger partial charge on any atom is 0.264 e. The van der Waals surface area contributed by atoms with Crippen LogP contribution in [0.25, 0.3) is 0 Å². The third-order valence-corrected chi connectivity index (χ3v) is 7.01. The van der Waals surface area contributed by atoms with E-state index in [9.17, 15) is 9.59 Å². The van der Waals surface area contributed by atoms with Crippen LogP contribution in [0.1, 0.15) is 35.4 Å². The zero-order valence-electron chi connectivity index (χ0n) is 16.0. The number of hydrogen-bond acceptors (Lipinski definition) is 5. The van der Waals surface area contributed by atoms with E-state index in [1.807, 2.05) is 27.3 Å². The van der Waals surface area contributed by atoms with Gasteiger partial charge in [-0.2, -0.15) is 0 Å². The number of hydrogen-bond donors (Lipinski definition) is 0. The molecule has 0 spiro atoms. The molecule has 0 aliphatic carbocycles. The normalized spacial score (nSPS) is 24.7. The third-order valence-electron chi connectivity index (χ3n) is 6.16. The standard InChI is InChI=1S/C20H30N4O2S/c25-19(16-24-9-3-5-17(24)15-21-7-1-2-8-21)22-10-12-23(13-11-22)20(26)18-6-4-14-27-18/h4,6,14,17H,1-3,5,7-13,15-16H2/t17-/m0/s1. The van der Waals surface area contributed by atoms with Gasteiger partial charge in [-0.05, 0) is 56.8 Å². The van der Waals surface area contributed by atoms with Crippen LogP contribution in [0.5, 0.6) is 0 Å². The van der Waals surface area contributed by atoms with Crippen molar-refractivity contribution < 1.29 is 9.59 Å². The second-order valence-electron chi connectivity index (χ2n) is 7.92. The fraction of sp³-hybridized carbons (Fsp3) is 0.700. The number of nitrogens with zero attached hydrogens (tertiary/aromatic N) is 4. The maximum absolute atomic E-state index is 12.8. The van der Waals surface area contributed by atoms with E-state index < -0.39 is 0 Å². The Morgan fingerprint density at radius 2 is 1.70 bits per heavy atom. The van der Waals surface area contributed by atoms with Crippen molar-refractivity contribution in [3.63, 3.8) is 0 Å². The third kappa shape index (κ3) is 4.52. The van der Waals surface area contributed by atoms with Gasteiger partial charge < -0.3 is 14.7 Å². The molecule has 1 aromatic heterocycles. The van der Waals surface area contributed by atoms with E-state index in [1.54, 1.807) is 0 Å². The van der Waals surface area contributed by atoms with Gasteiger partial charge in [-0.15, -0.1) is 11.3 Å². The van der Waals surface area contributed by atoms with E-state index in [4.69, 9.17) is 0 Å². The summed E-state index contributed by atoms with van der Waals surface area (Å²) in [5, 5.41) is 1.93. The smallest absolute Gasteiger partial charge is 0.264 e. The summed E-state index contributed by atoms with van der Waals surface area (Å²) in [7, 11) is 0. The van der Waals surface area contributed by atoms with E-state index >= 15 is 0 Å². The lowest BCUT2D eigenvalue weighted by molar-refractivity contribution is -0.134. The molecule has 4 rings (SSSR count). The molecule has 0 radical (unpaired) electrons. The summed E-state index contributed by atoms with van der Waals surface area (Å²) < 4.78 is 0. The minimum Gasteiger partial charge on any atom is -0.338 e. The highest BCUT2D eigenvalue weighted by atomic mass is 32.1. The van der Waals surface area contributed by atoms with Crippen LogP contribution in [-0.2, 0) is 4.79 Å². The first-order valence-corrected chi connectivity index (χ1v) is 11.2. The van der Waals surface area contributed by atoms with Crippen molar-refractivity contribution in [2.45, 2.75) is 31.7 Å². The van der Waals surface area contributed by atoms with Crippen LogP contribution in [0.15, 0.2) is 17.5 Å². The van der Waals surface area contributed by atoms with Crippen molar-refractivity contribution in [3.8, 4) is 0 Å². The molecular weight excluding hydrogens is 360 g/mol. The van der Waals surface area contributed by atoms with E-state index in [2.05, 4.69) is 9.80 Å². The Morgan fingerprint density at radius 1 is 0.963 bits per heavy atom. The van der Waals surface area contributed by atoms with E-state index in [-0.39, 0.29) is 11.8 Å². The minimum absolute atomic E-state index is 0.0994. The number of thiophene rings is 1. The van der Waals surface area contributed by atoms with Gasteiger partial charge in [0, 0.05) is 38.8 Å². The van der Waals surface area contributed by atoms with Gasteiger partial charge in [0.15, 0.2) is 0 Å². The Hall–Kier alpha value is -1.44. The highest BCUT2D eigenvalue weighted by Gasteiger charge is 2.31. The van der Waals surface area contributed by atoms with Crippen molar-refractivity contribution in [3.05, 3.63) is 22.4 Å². The topological polar surface area (TPSA) is 47.1 Å². The van der Waals surface area contributed by atoms with E-state index in [0.29, 0.717) is 38.8 Å². The first kappa shape index (κ1) is 18.9. The summed E-state index contributed by atoms with van der Waals surface area (Å²) in [6.45, 7) is 7.73. The van der Waals surface area contributed by atoms with Gasteiger partial charge in [-0.3, -0.25) is 14.5 Å². The van der Waals surface area contributed by atoms with Gasteiger partial charge in [0.05, 0.1) is 11.4 Å². The second kappa shape index (κ2) is 8.71. The molecule has 27 heavy (non-hydrogen) atoms. The molecule has 7 heteroatoms. The van der Waals surface area contributed by atoms with Gasteiger partial charge in [-0.25, -0.2) is 0 Å². The molecule has 0 bridgehead atoms. The number of rotatable bonds is 5. The van der Waals surface area contributed by atoms with Crippen molar-refractivity contribution in [1.82, 2.24) is 19.6 Å². The molecule has 4 heterocycles. The lowest BCUT2D eigenvalue weighted by Crippen LogP contribution is -2.53. The molecule has 1 aromatic rings. The van der Waals surface area contributed by atoms with Crippen molar-refractivity contribution in [1.29, 1.82) is 0 Å². The van der Waals surface area contributed by atoms with Crippen LogP contribution >= 0.6 is 11.3 Å².